The van der Waals surface area contributed by atoms with Crippen LogP contribution in [0.4, 0.5) is 5.69 Å². The Labute approximate surface area is 95.8 Å². The van der Waals surface area contributed by atoms with E-state index in [2.05, 4.69) is 17.2 Å². The fourth-order valence-electron chi connectivity index (χ4n) is 1.14. The van der Waals surface area contributed by atoms with Gasteiger partial charge in [0.05, 0.1) is 5.02 Å². The van der Waals surface area contributed by atoms with Crippen LogP contribution in [0.15, 0.2) is 12.1 Å². The van der Waals surface area contributed by atoms with Crippen molar-refractivity contribution in [1.29, 1.82) is 0 Å². The molecule has 0 bridgehead atoms. The van der Waals surface area contributed by atoms with Crippen molar-refractivity contribution in [3.05, 3.63) is 28.3 Å². The number of rotatable bonds is 2. The maximum atomic E-state index is 6.11. The molecule has 1 rings (SSSR count). The van der Waals surface area contributed by atoms with Gasteiger partial charge in [-0.15, -0.1) is 0 Å². The average Bonchev–Trinajstić information content (AvgIpc) is 2.24. The van der Waals surface area contributed by atoms with E-state index in [1.807, 2.05) is 26.1 Å². The second kappa shape index (κ2) is 5.65. The number of halogens is 1. The second-order valence-corrected chi connectivity index (χ2v) is 3.67. The molecule has 15 heavy (non-hydrogen) atoms. The monoisotopic (exact) mass is 222 g/mol. The molecule has 0 spiro atoms. The molecule has 3 heteroatoms. The van der Waals surface area contributed by atoms with E-state index < -0.39 is 0 Å². The SMILES string of the molecule is CNCCC#Cc1ccc(N)c(C)c1Cl. The van der Waals surface area contributed by atoms with Crippen molar-refractivity contribution in [1.82, 2.24) is 5.32 Å². The quantitative estimate of drug-likeness (QED) is 0.457. The normalized spacial score (nSPS) is 9.53. The Morgan fingerprint density at radius 3 is 2.87 bits per heavy atom. The molecule has 0 fully saturated rings. The van der Waals surface area contributed by atoms with Crippen LogP contribution in [0, 0.1) is 18.8 Å². The summed E-state index contributed by atoms with van der Waals surface area (Å²) >= 11 is 6.11. The number of hydrogen-bond donors (Lipinski definition) is 2. The zero-order valence-corrected chi connectivity index (χ0v) is 9.78. The molecular formula is C12H15ClN2. The summed E-state index contributed by atoms with van der Waals surface area (Å²) in [6, 6.07) is 3.69. The fraction of sp³-hybridized carbons (Fsp3) is 0.333. The number of hydrogen-bond acceptors (Lipinski definition) is 2. The Balaban J connectivity index is 2.85. The Bertz CT molecular complexity index is 402. The summed E-state index contributed by atoms with van der Waals surface area (Å²) in [4.78, 5) is 0. The summed E-state index contributed by atoms with van der Waals surface area (Å²) in [5, 5.41) is 3.69. The van der Waals surface area contributed by atoms with Crippen molar-refractivity contribution in [3.8, 4) is 11.8 Å². The van der Waals surface area contributed by atoms with E-state index in [1.165, 1.54) is 0 Å². The molecule has 1 aromatic rings. The van der Waals surface area contributed by atoms with Gasteiger partial charge in [0.25, 0.3) is 0 Å². The van der Waals surface area contributed by atoms with Crippen LogP contribution in [0.3, 0.4) is 0 Å². The zero-order chi connectivity index (χ0) is 11.3. The third-order valence-corrected chi connectivity index (χ3v) is 2.64. The molecule has 0 saturated heterocycles. The standard InChI is InChI=1S/C12H15ClN2/c1-9-11(14)7-6-10(12(9)13)5-3-4-8-15-2/h6-7,15H,4,8,14H2,1-2H3. The van der Waals surface area contributed by atoms with Gasteiger partial charge in [0.1, 0.15) is 0 Å². The molecule has 0 atom stereocenters. The highest BCUT2D eigenvalue weighted by molar-refractivity contribution is 6.32. The van der Waals surface area contributed by atoms with Crippen LogP contribution in [-0.4, -0.2) is 13.6 Å². The van der Waals surface area contributed by atoms with Crippen LogP contribution < -0.4 is 11.1 Å². The lowest BCUT2D eigenvalue weighted by molar-refractivity contribution is 0.818. The Morgan fingerprint density at radius 1 is 1.47 bits per heavy atom. The molecule has 80 valence electrons. The number of benzene rings is 1. The summed E-state index contributed by atoms with van der Waals surface area (Å²) in [5.74, 6) is 6.09. The molecular weight excluding hydrogens is 208 g/mol. The summed E-state index contributed by atoms with van der Waals surface area (Å²) in [5.41, 5.74) is 8.18. The number of anilines is 1. The Hall–Kier alpha value is -1.17. The van der Waals surface area contributed by atoms with Crippen molar-refractivity contribution in [3.63, 3.8) is 0 Å². The lowest BCUT2D eigenvalue weighted by atomic mass is 10.1. The molecule has 0 amide bonds. The molecule has 0 aromatic heterocycles. The Morgan fingerprint density at radius 2 is 2.20 bits per heavy atom. The van der Waals surface area contributed by atoms with Gasteiger partial charge in [0.15, 0.2) is 0 Å². The van der Waals surface area contributed by atoms with Gasteiger partial charge in [-0.2, -0.15) is 0 Å². The van der Waals surface area contributed by atoms with E-state index in [9.17, 15) is 0 Å². The highest BCUT2D eigenvalue weighted by Crippen LogP contribution is 2.24. The van der Waals surface area contributed by atoms with Crippen molar-refractivity contribution in [2.75, 3.05) is 19.3 Å². The van der Waals surface area contributed by atoms with Crippen molar-refractivity contribution in [2.24, 2.45) is 0 Å². The minimum atomic E-state index is 0.659. The van der Waals surface area contributed by atoms with Gasteiger partial charge in [0.2, 0.25) is 0 Å². The number of nitrogen functional groups attached to an aromatic ring is 1. The van der Waals surface area contributed by atoms with Gasteiger partial charge in [-0.25, -0.2) is 0 Å². The van der Waals surface area contributed by atoms with Crippen LogP contribution >= 0.6 is 11.6 Å². The van der Waals surface area contributed by atoms with Gasteiger partial charge in [-0.05, 0) is 31.7 Å². The van der Waals surface area contributed by atoms with Crippen molar-refractivity contribution >= 4 is 17.3 Å². The molecule has 2 nitrogen and oxygen atoms in total. The van der Waals surface area contributed by atoms with Crippen LogP contribution in [0.1, 0.15) is 17.5 Å². The predicted octanol–water partition coefficient (Wildman–Crippen LogP) is 2.19. The maximum absolute atomic E-state index is 6.11. The first kappa shape index (κ1) is 11.9. The maximum Gasteiger partial charge on any atom is 0.0612 e. The lowest BCUT2D eigenvalue weighted by Crippen LogP contribution is -2.05. The molecule has 3 N–H and O–H groups in total. The smallest absolute Gasteiger partial charge is 0.0612 e. The third-order valence-electron chi connectivity index (χ3n) is 2.15. The van der Waals surface area contributed by atoms with E-state index in [0.29, 0.717) is 10.7 Å². The molecule has 0 heterocycles. The lowest BCUT2D eigenvalue weighted by Gasteiger charge is -2.03. The zero-order valence-electron chi connectivity index (χ0n) is 9.02. The summed E-state index contributed by atoms with van der Waals surface area (Å²) in [6.07, 6.45) is 0.816. The van der Waals surface area contributed by atoms with Crippen LogP contribution in [0.25, 0.3) is 0 Å². The fourth-order valence-corrected chi connectivity index (χ4v) is 1.36. The second-order valence-electron chi connectivity index (χ2n) is 3.30. The first-order valence-corrected chi connectivity index (χ1v) is 5.22. The third kappa shape index (κ3) is 3.16. The van der Waals surface area contributed by atoms with Crippen LogP contribution in [0.2, 0.25) is 5.02 Å². The van der Waals surface area contributed by atoms with Gasteiger partial charge in [-0.1, -0.05) is 23.4 Å². The first-order valence-electron chi connectivity index (χ1n) is 4.85. The van der Waals surface area contributed by atoms with Gasteiger partial charge < -0.3 is 11.1 Å². The van der Waals surface area contributed by atoms with E-state index >= 15 is 0 Å². The Kier molecular flexibility index (Phi) is 4.48. The number of nitrogens with two attached hydrogens (primary N) is 1. The van der Waals surface area contributed by atoms with Crippen LogP contribution in [0.5, 0.6) is 0 Å². The summed E-state index contributed by atoms with van der Waals surface area (Å²) in [7, 11) is 1.90. The molecule has 0 aliphatic rings. The minimum Gasteiger partial charge on any atom is -0.398 e. The highest BCUT2D eigenvalue weighted by atomic mass is 35.5. The molecule has 0 saturated carbocycles. The van der Waals surface area contributed by atoms with Gasteiger partial charge >= 0.3 is 0 Å². The molecule has 1 aromatic carbocycles. The van der Waals surface area contributed by atoms with E-state index in [-0.39, 0.29) is 0 Å². The van der Waals surface area contributed by atoms with Crippen molar-refractivity contribution in [2.45, 2.75) is 13.3 Å². The van der Waals surface area contributed by atoms with Gasteiger partial charge in [-0.3, -0.25) is 0 Å². The number of nitrogens with one attached hydrogen (secondary N) is 1. The predicted molar refractivity (Wildman–Crippen MR) is 66.0 cm³/mol. The summed E-state index contributed by atoms with van der Waals surface area (Å²) < 4.78 is 0. The highest BCUT2D eigenvalue weighted by Gasteiger charge is 2.03. The van der Waals surface area contributed by atoms with Crippen molar-refractivity contribution < 1.29 is 0 Å². The molecule has 0 radical (unpaired) electrons. The van der Waals surface area contributed by atoms with Crippen LogP contribution in [-0.2, 0) is 0 Å². The summed E-state index contributed by atoms with van der Waals surface area (Å²) in [6.45, 7) is 2.79. The minimum absolute atomic E-state index is 0.659. The average molecular weight is 223 g/mol. The molecule has 0 aliphatic heterocycles. The van der Waals surface area contributed by atoms with E-state index in [1.54, 1.807) is 0 Å². The molecule has 0 aliphatic carbocycles. The first-order chi connectivity index (χ1) is 7.16. The van der Waals surface area contributed by atoms with E-state index in [0.717, 1.165) is 24.1 Å². The van der Waals surface area contributed by atoms with E-state index in [4.69, 9.17) is 17.3 Å². The topological polar surface area (TPSA) is 38.0 Å². The molecule has 0 unspecified atom stereocenters. The largest absolute Gasteiger partial charge is 0.398 e. The van der Waals surface area contributed by atoms with Gasteiger partial charge in [0, 0.05) is 24.2 Å².